The molecule has 2 unspecified atom stereocenters. The standard InChI is InChI=1S/C16H29N3O3S.HI/c1-17-15(18-11-13-5-9-23(20,21)12-13)19-14-4-8-22-16(10-14)6-2-3-7-16;/h13-14H,2-12H2,1H3,(H2,17,18,19);1H. The molecule has 1 spiro atoms. The van der Waals surface area contributed by atoms with Gasteiger partial charge < -0.3 is 15.4 Å². The number of guanidine groups is 1. The summed E-state index contributed by atoms with van der Waals surface area (Å²) in [6.45, 7) is 1.49. The lowest BCUT2D eigenvalue weighted by atomic mass is 9.89. The lowest BCUT2D eigenvalue weighted by Gasteiger charge is -2.39. The highest BCUT2D eigenvalue weighted by Crippen LogP contribution is 2.39. The molecule has 2 saturated heterocycles. The minimum Gasteiger partial charge on any atom is -0.375 e. The topological polar surface area (TPSA) is 79.8 Å². The molecule has 8 heteroatoms. The zero-order chi connectivity index (χ0) is 16.3. The molecular formula is C16H30IN3O3S. The fourth-order valence-electron chi connectivity index (χ4n) is 4.18. The highest BCUT2D eigenvalue weighted by molar-refractivity contribution is 14.0. The van der Waals surface area contributed by atoms with Crippen LogP contribution in [0.15, 0.2) is 4.99 Å². The van der Waals surface area contributed by atoms with Crippen LogP contribution in [0.2, 0.25) is 0 Å². The second kappa shape index (κ2) is 8.53. The van der Waals surface area contributed by atoms with Crippen molar-refractivity contribution in [3.63, 3.8) is 0 Å². The third kappa shape index (κ3) is 5.20. The molecule has 0 aromatic rings. The molecule has 0 radical (unpaired) electrons. The monoisotopic (exact) mass is 471 g/mol. The molecule has 0 amide bonds. The molecule has 0 aromatic heterocycles. The van der Waals surface area contributed by atoms with Crippen LogP contribution < -0.4 is 10.6 Å². The van der Waals surface area contributed by atoms with E-state index in [9.17, 15) is 8.42 Å². The molecule has 2 atom stereocenters. The normalized spacial score (nSPS) is 31.6. The summed E-state index contributed by atoms with van der Waals surface area (Å²) in [5.41, 5.74) is 0.0916. The molecule has 1 aliphatic carbocycles. The molecule has 2 heterocycles. The van der Waals surface area contributed by atoms with E-state index in [-0.39, 0.29) is 35.5 Å². The lowest BCUT2D eigenvalue weighted by molar-refractivity contribution is -0.0815. The first-order valence-electron chi connectivity index (χ1n) is 8.82. The van der Waals surface area contributed by atoms with Gasteiger partial charge in [0.1, 0.15) is 0 Å². The van der Waals surface area contributed by atoms with Crippen LogP contribution in [0.3, 0.4) is 0 Å². The molecule has 2 aliphatic heterocycles. The van der Waals surface area contributed by atoms with Crippen molar-refractivity contribution in [1.82, 2.24) is 10.6 Å². The average molecular weight is 471 g/mol. The number of hydrogen-bond acceptors (Lipinski definition) is 4. The Morgan fingerprint density at radius 3 is 2.67 bits per heavy atom. The molecule has 24 heavy (non-hydrogen) atoms. The minimum atomic E-state index is -2.81. The van der Waals surface area contributed by atoms with E-state index in [2.05, 4.69) is 15.6 Å². The summed E-state index contributed by atoms with van der Waals surface area (Å²) in [6, 6.07) is 0.389. The summed E-state index contributed by atoms with van der Waals surface area (Å²) in [4.78, 5) is 4.30. The second-order valence-corrected chi connectivity index (χ2v) is 9.52. The summed E-state index contributed by atoms with van der Waals surface area (Å²) in [5, 5.41) is 6.82. The van der Waals surface area contributed by atoms with E-state index < -0.39 is 9.84 Å². The van der Waals surface area contributed by atoms with E-state index >= 15 is 0 Å². The summed E-state index contributed by atoms with van der Waals surface area (Å²) < 4.78 is 29.1. The van der Waals surface area contributed by atoms with Crippen molar-refractivity contribution >= 4 is 39.8 Å². The van der Waals surface area contributed by atoms with Crippen molar-refractivity contribution in [2.45, 2.75) is 56.6 Å². The highest BCUT2D eigenvalue weighted by atomic mass is 127. The Labute approximate surface area is 162 Å². The number of nitrogens with one attached hydrogen (secondary N) is 2. The Morgan fingerprint density at radius 2 is 2.04 bits per heavy atom. The van der Waals surface area contributed by atoms with Crippen LogP contribution in [0.1, 0.15) is 44.9 Å². The van der Waals surface area contributed by atoms with Crippen LogP contribution in [0.5, 0.6) is 0 Å². The number of ether oxygens (including phenoxy) is 1. The van der Waals surface area contributed by atoms with Crippen molar-refractivity contribution in [3.05, 3.63) is 0 Å². The highest BCUT2D eigenvalue weighted by Gasteiger charge is 2.40. The average Bonchev–Trinajstić information content (AvgIpc) is 3.10. The van der Waals surface area contributed by atoms with E-state index in [0.717, 1.165) is 31.8 Å². The summed E-state index contributed by atoms with van der Waals surface area (Å²) >= 11 is 0. The number of hydrogen-bond donors (Lipinski definition) is 2. The predicted octanol–water partition coefficient (Wildman–Crippen LogP) is 1.70. The van der Waals surface area contributed by atoms with E-state index in [1.54, 1.807) is 7.05 Å². The SMILES string of the molecule is CN=C(NCC1CCS(=O)(=O)C1)NC1CCOC2(CCCC2)C1.I. The lowest BCUT2D eigenvalue weighted by Crippen LogP contribution is -2.51. The van der Waals surface area contributed by atoms with Gasteiger partial charge in [-0.2, -0.15) is 0 Å². The van der Waals surface area contributed by atoms with Gasteiger partial charge >= 0.3 is 0 Å². The van der Waals surface area contributed by atoms with Gasteiger partial charge in [-0.3, -0.25) is 4.99 Å². The zero-order valence-corrected chi connectivity index (χ0v) is 17.6. The van der Waals surface area contributed by atoms with Gasteiger partial charge in [-0.1, -0.05) is 12.8 Å². The van der Waals surface area contributed by atoms with Crippen molar-refractivity contribution in [1.29, 1.82) is 0 Å². The van der Waals surface area contributed by atoms with Gasteiger partial charge in [0.05, 0.1) is 17.1 Å². The van der Waals surface area contributed by atoms with Crippen LogP contribution in [0, 0.1) is 5.92 Å². The van der Waals surface area contributed by atoms with Gasteiger partial charge in [-0.15, -0.1) is 24.0 Å². The zero-order valence-electron chi connectivity index (χ0n) is 14.4. The number of aliphatic imine (C=N–C) groups is 1. The Bertz CT molecular complexity index is 547. The van der Waals surface area contributed by atoms with Gasteiger partial charge in [-0.25, -0.2) is 8.42 Å². The number of nitrogens with zero attached hydrogens (tertiary/aromatic N) is 1. The largest absolute Gasteiger partial charge is 0.375 e. The van der Waals surface area contributed by atoms with E-state index in [4.69, 9.17) is 4.74 Å². The number of halogens is 1. The van der Waals surface area contributed by atoms with Crippen LogP contribution >= 0.6 is 24.0 Å². The first-order valence-corrected chi connectivity index (χ1v) is 10.6. The fraction of sp³-hybridized carbons (Fsp3) is 0.938. The molecule has 6 nitrogen and oxygen atoms in total. The Morgan fingerprint density at radius 1 is 1.29 bits per heavy atom. The van der Waals surface area contributed by atoms with Gasteiger partial charge in [0.25, 0.3) is 0 Å². The maximum atomic E-state index is 11.5. The quantitative estimate of drug-likeness (QED) is 0.372. The first-order chi connectivity index (χ1) is 11.0. The molecular weight excluding hydrogens is 441 g/mol. The fourth-order valence-corrected chi connectivity index (χ4v) is 6.04. The van der Waals surface area contributed by atoms with Crippen molar-refractivity contribution in [3.8, 4) is 0 Å². The van der Waals surface area contributed by atoms with Crippen LogP contribution in [0.4, 0.5) is 0 Å². The molecule has 3 fully saturated rings. The van der Waals surface area contributed by atoms with Gasteiger partial charge in [0.15, 0.2) is 15.8 Å². The van der Waals surface area contributed by atoms with E-state index in [1.165, 1.54) is 25.7 Å². The Kier molecular flexibility index (Phi) is 7.19. The van der Waals surface area contributed by atoms with Crippen LogP contribution in [0.25, 0.3) is 0 Å². The maximum absolute atomic E-state index is 11.5. The first kappa shape index (κ1) is 20.2. The van der Waals surface area contributed by atoms with Crippen LogP contribution in [-0.2, 0) is 14.6 Å². The number of sulfone groups is 1. The van der Waals surface area contributed by atoms with E-state index in [0.29, 0.717) is 24.1 Å². The minimum absolute atomic E-state index is 0. The van der Waals surface area contributed by atoms with Gasteiger partial charge in [-0.05, 0) is 38.0 Å². The molecule has 1 saturated carbocycles. The molecule has 3 aliphatic rings. The van der Waals surface area contributed by atoms with Crippen molar-refractivity contribution in [2.75, 3.05) is 31.7 Å². The molecule has 0 bridgehead atoms. The molecule has 0 aromatic carbocycles. The summed E-state index contributed by atoms with van der Waals surface area (Å²) in [6.07, 6.45) is 7.71. The maximum Gasteiger partial charge on any atom is 0.191 e. The summed E-state index contributed by atoms with van der Waals surface area (Å²) in [5.74, 6) is 1.62. The molecule has 2 N–H and O–H groups in total. The third-order valence-corrected chi connectivity index (χ3v) is 7.29. The van der Waals surface area contributed by atoms with Crippen LogP contribution in [-0.4, -0.2) is 57.7 Å². The smallest absolute Gasteiger partial charge is 0.191 e. The summed E-state index contributed by atoms with van der Waals surface area (Å²) in [7, 11) is -1.04. The Balaban J connectivity index is 0.00000208. The number of rotatable bonds is 3. The van der Waals surface area contributed by atoms with Crippen molar-refractivity contribution < 1.29 is 13.2 Å². The predicted molar refractivity (Wildman–Crippen MR) is 107 cm³/mol. The molecule has 140 valence electrons. The second-order valence-electron chi connectivity index (χ2n) is 7.29. The third-order valence-electron chi connectivity index (χ3n) is 5.46. The molecule has 3 rings (SSSR count). The van der Waals surface area contributed by atoms with Gasteiger partial charge in [0.2, 0.25) is 0 Å². The van der Waals surface area contributed by atoms with Crippen molar-refractivity contribution in [2.24, 2.45) is 10.9 Å². The van der Waals surface area contributed by atoms with E-state index in [1.807, 2.05) is 0 Å². The van der Waals surface area contributed by atoms with Gasteiger partial charge in [0, 0.05) is 26.2 Å². The Hall–Kier alpha value is -0.0900.